The monoisotopic (exact) mass is 400 g/mol. The van der Waals surface area contributed by atoms with E-state index in [1.807, 2.05) is 33.9 Å². The third-order valence-corrected chi connectivity index (χ3v) is 9.99. The van der Waals surface area contributed by atoms with Gasteiger partial charge in [0, 0.05) is 6.04 Å². The van der Waals surface area contributed by atoms with Gasteiger partial charge in [-0.1, -0.05) is 33.9 Å². The molecule has 0 aliphatic rings. The molecule has 0 saturated heterocycles. The Morgan fingerprint density at radius 3 is 1.92 bits per heavy atom. The summed E-state index contributed by atoms with van der Waals surface area (Å²) in [7, 11) is -2.14. The van der Waals surface area contributed by atoms with Crippen molar-refractivity contribution in [3.05, 3.63) is 23.3 Å². The van der Waals surface area contributed by atoms with Crippen molar-refractivity contribution < 1.29 is 31.1 Å². The van der Waals surface area contributed by atoms with Gasteiger partial charge in [-0.15, -0.1) is 0 Å². The van der Waals surface area contributed by atoms with Gasteiger partial charge in [-0.25, -0.2) is 0 Å². The van der Waals surface area contributed by atoms with Crippen LogP contribution in [0.1, 0.15) is 31.9 Å². The molecule has 10 heteroatoms. The molecule has 1 amide bonds. The van der Waals surface area contributed by atoms with Gasteiger partial charge in [0.15, 0.2) is 0 Å². The maximum atomic E-state index is 13.0. The van der Waals surface area contributed by atoms with Gasteiger partial charge in [-0.05, 0) is 17.2 Å². The molecule has 26 heavy (non-hydrogen) atoms. The van der Waals surface area contributed by atoms with Crippen LogP contribution in [-0.2, 0) is 17.1 Å². The van der Waals surface area contributed by atoms with Crippen molar-refractivity contribution in [2.24, 2.45) is 0 Å². The normalized spacial score (nSPS) is 13.7. The quantitative estimate of drug-likeness (QED) is 0.385. The fourth-order valence-corrected chi connectivity index (χ4v) is 3.44. The minimum atomic E-state index is -5.08. The first-order valence-corrected chi connectivity index (χ1v) is 10.9. The van der Waals surface area contributed by atoms with Crippen LogP contribution in [0.3, 0.4) is 0 Å². The summed E-state index contributed by atoms with van der Waals surface area (Å²) in [5.41, 5.74) is 0.612. The van der Waals surface area contributed by atoms with Crippen molar-refractivity contribution in [2.75, 3.05) is 11.1 Å². The molecule has 0 aromatic heterocycles. The van der Waals surface area contributed by atoms with E-state index in [2.05, 4.69) is 5.32 Å². The molecule has 1 aromatic rings. The first-order chi connectivity index (χ1) is 11.4. The molecule has 3 nitrogen and oxygen atoms in total. The average Bonchev–Trinajstić information content (AvgIpc) is 2.36. The molecule has 0 spiro atoms. The number of nitrogen functional groups attached to an aromatic ring is 1. The van der Waals surface area contributed by atoms with E-state index < -0.39 is 48.8 Å². The number of alkyl halides is 6. The van der Waals surface area contributed by atoms with Crippen LogP contribution in [0.25, 0.3) is 0 Å². The van der Waals surface area contributed by atoms with Crippen LogP contribution in [0.4, 0.5) is 37.7 Å². The van der Waals surface area contributed by atoms with Crippen molar-refractivity contribution in [1.82, 2.24) is 0 Å². The van der Waals surface area contributed by atoms with Gasteiger partial charge < -0.3 is 11.1 Å². The van der Waals surface area contributed by atoms with Crippen LogP contribution >= 0.6 is 0 Å². The van der Waals surface area contributed by atoms with Crippen molar-refractivity contribution in [1.29, 1.82) is 0 Å². The lowest BCUT2D eigenvalue weighted by molar-refractivity contribution is -0.142. The Labute approximate surface area is 149 Å². The first kappa shape index (κ1) is 22.3. The maximum absolute atomic E-state index is 13.0. The summed E-state index contributed by atoms with van der Waals surface area (Å²) in [6.45, 7) is 9.65. The number of anilines is 2. The topological polar surface area (TPSA) is 55.1 Å². The van der Waals surface area contributed by atoms with Crippen LogP contribution < -0.4 is 11.1 Å². The largest absolute Gasteiger partial charge is 0.418 e. The number of carbonyl (C=O) groups excluding carboxylic acids is 1. The number of rotatable bonds is 3. The summed E-state index contributed by atoms with van der Waals surface area (Å²) in [6, 6.07) is 0.403. The second-order valence-electron chi connectivity index (χ2n) is 7.84. The molecule has 0 aliphatic heterocycles. The van der Waals surface area contributed by atoms with Gasteiger partial charge >= 0.3 is 12.4 Å². The fourth-order valence-electron chi connectivity index (χ4n) is 2.02. The molecule has 0 aliphatic carbocycles. The summed E-state index contributed by atoms with van der Waals surface area (Å²) < 4.78 is 77.8. The van der Waals surface area contributed by atoms with E-state index in [4.69, 9.17) is 5.73 Å². The molecular formula is C16H22F6N2OSi. The number of nitrogens with two attached hydrogens (primary N) is 1. The van der Waals surface area contributed by atoms with Gasteiger partial charge in [0.25, 0.3) is 0 Å². The number of hydrogen-bond acceptors (Lipinski definition) is 2. The second-order valence-corrected chi connectivity index (χ2v) is 13.5. The van der Waals surface area contributed by atoms with Crippen molar-refractivity contribution in [3.8, 4) is 0 Å². The number of carbonyl (C=O) groups is 1. The van der Waals surface area contributed by atoms with Crippen LogP contribution in [-0.4, -0.2) is 14.0 Å². The second kappa shape index (κ2) is 6.79. The summed E-state index contributed by atoms with van der Waals surface area (Å²) in [4.78, 5) is 12.3. The Bertz CT molecular complexity index is 690. The molecule has 0 heterocycles. The van der Waals surface area contributed by atoms with Gasteiger partial charge in [-0.3, -0.25) is 4.79 Å². The molecule has 3 N–H and O–H groups in total. The number of amides is 1. The van der Waals surface area contributed by atoms with Gasteiger partial charge in [-0.2, -0.15) is 26.3 Å². The van der Waals surface area contributed by atoms with Gasteiger partial charge in [0.1, 0.15) is 0 Å². The third kappa shape index (κ3) is 5.15. The van der Waals surface area contributed by atoms with E-state index in [1.165, 1.54) is 0 Å². The van der Waals surface area contributed by atoms with E-state index >= 15 is 0 Å². The highest BCUT2D eigenvalue weighted by atomic mass is 28.3. The highest BCUT2D eigenvalue weighted by Gasteiger charge is 2.40. The van der Waals surface area contributed by atoms with Crippen LogP contribution in [0.5, 0.6) is 0 Å². The smallest absolute Gasteiger partial charge is 0.397 e. The summed E-state index contributed by atoms with van der Waals surface area (Å²) in [5.74, 6) is -0.657. The highest BCUT2D eigenvalue weighted by Crippen LogP contribution is 2.43. The third-order valence-electron chi connectivity index (χ3n) is 4.72. The maximum Gasteiger partial charge on any atom is 0.418 e. The lowest BCUT2D eigenvalue weighted by Gasteiger charge is -2.36. The zero-order valence-corrected chi connectivity index (χ0v) is 16.1. The minimum Gasteiger partial charge on any atom is -0.397 e. The summed E-state index contributed by atoms with van der Waals surface area (Å²) >= 11 is 0. The molecule has 0 saturated carbocycles. The molecule has 1 aromatic carbocycles. The number of benzene rings is 1. The number of nitrogens with one attached hydrogen (secondary N) is 1. The lowest BCUT2D eigenvalue weighted by Crippen LogP contribution is -2.40. The minimum absolute atomic E-state index is 0.0353. The Kier molecular flexibility index (Phi) is 5.83. The molecule has 0 atom stereocenters. The van der Waals surface area contributed by atoms with Gasteiger partial charge in [0.05, 0.1) is 30.6 Å². The Hall–Kier alpha value is -1.71. The molecular weight excluding hydrogens is 378 g/mol. The Morgan fingerprint density at radius 2 is 1.54 bits per heavy atom. The van der Waals surface area contributed by atoms with E-state index in [0.717, 1.165) is 0 Å². The van der Waals surface area contributed by atoms with Gasteiger partial charge in [0.2, 0.25) is 5.91 Å². The van der Waals surface area contributed by atoms with Crippen LogP contribution in [0.15, 0.2) is 12.1 Å². The Balaban J connectivity index is 3.30. The number of hydrogen-bond donors (Lipinski definition) is 2. The van der Waals surface area contributed by atoms with Crippen molar-refractivity contribution in [2.45, 2.75) is 57.3 Å². The zero-order chi connectivity index (χ0) is 20.7. The highest BCUT2D eigenvalue weighted by molar-refractivity contribution is 6.82. The first-order valence-electron chi connectivity index (χ1n) is 7.74. The molecule has 0 bridgehead atoms. The van der Waals surface area contributed by atoms with E-state index in [-0.39, 0.29) is 17.1 Å². The molecule has 148 valence electrons. The SMILES string of the molecule is CC(C)(C)[Si](C)(C)CC(=O)Nc1cc(C(F)(F)F)cc(C(F)(F)F)c1N. The number of halogens is 6. The van der Waals surface area contributed by atoms with Crippen molar-refractivity contribution >= 4 is 25.4 Å². The molecule has 0 unspecified atom stereocenters. The average molecular weight is 400 g/mol. The Morgan fingerprint density at radius 1 is 1.04 bits per heavy atom. The van der Waals surface area contributed by atoms with Crippen LogP contribution in [0, 0.1) is 0 Å². The fraction of sp³-hybridized carbons (Fsp3) is 0.562. The van der Waals surface area contributed by atoms with E-state index in [9.17, 15) is 31.1 Å². The summed E-state index contributed by atoms with van der Waals surface area (Å²) in [6.07, 6.45) is -10.1. The van der Waals surface area contributed by atoms with E-state index in [0.29, 0.717) is 6.07 Å². The van der Waals surface area contributed by atoms with Crippen LogP contribution in [0.2, 0.25) is 24.2 Å². The molecule has 0 fully saturated rings. The molecule has 1 rings (SSSR count). The van der Waals surface area contributed by atoms with Crippen molar-refractivity contribution in [3.63, 3.8) is 0 Å². The standard InChI is InChI=1S/C16H22F6N2OSi/c1-14(2,3)26(4,5)8-12(25)24-11-7-9(15(17,18)19)6-10(13(11)23)16(20,21)22/h6-7H,8,23H2,1-5H3,(H,24,25). The predicted molar refractivity (Wildman–Crippen MR) is 91.5 cm³/mol. The van der Waals surface area contributed by atoms with E-state index in [1.54, 1.807) is 0 Å². The molecule has 0 radical (unpaired) electrons. The lowest BCUT2D eigenvalue weighted by atomic mass is 10.1. The zero-order valence-electron chi connectivity index (χ0n) is 15.1. The predicted octanol–water partition coefficient (Wildman–Crippen LogP) is 5.75. The summed E-state index contributed by atoms with van der Waals surface area (Å²) in [5, 5.41) is 1.95.